The summed E-state index contributed by atoms with van der Waals surface area (Å²) >= 11 is 15.4. The highest BCUT2D eigenvalue weighted by molar-refractivity contribution is 9.10. The number of nitrogens with one attached hydrogen (secondary N) is 1. The Hall–Kier alpha value is -3.49. The maximum absolute atomic E-state index is 12.7. The molecule has 3 rings (SSSR count). The van der Waals surface area contributed by atoms with Gasteiger partial charge >= 0.3 is 0 Å². The van der Waals surface area contributed by atoms with Gasteiger partial charge in [0, 0.05) is 11.3 Å². The van der Waals surface area contributed by atoms with Crippen molar-refractivity contribution in [3.63, 3.8) is 0 Å². The second-order valence-electron chi connectivity index (χ2n) is 7.07. The highest BCUT2D eigenvalue weighted by atomic mass is 79.9. The van der Waals surface area contributed by atoms with Crippen molar-refractivity contribution in [2.24, 2.45) is 0 Å². The van der Waals surface area contributed by atoms with Gasteiger partial charge in [-0.1, -0.05) is 41.4 Å². The molecule has 1 N–H and O–H groups in total. The Morgan fingerprint density at radius 2 is 1.86 bits per heavy atom. The van der Waals surface area contributed by atoms with Gasteiger partial charge in [-0.25, -0.2) is 0 Å². The Bertz CT molecular complexity index is 1380. The quantitative estimate of drug-likeness (QED) is 0.229. The minimum atomic E-state index is -0.603. The molecule has 0 saturated carbocycles. The van der Waals surface area contributed by atoms with Gasteiger partial charge < -0.3 is 14.8 Å². The molecule has 0 saturated heterocycles. The van der Waals surface area contributed by atoms with Gasteiger partial charge in [0.05, 0.1) is 32.8 Å². The summed E-state index contributed by atoms with van der Waals surface area (Å²) in [5, 5.41) is 22.1. The first-order valence-electron chi connectivity index (χ1n) is 10.3. The Kier molecular flexibility index (Phi) is 9.17. The monoisotopic (exact) mass is 569 g/mol. The third-order valence-corrected chi connectivity index (χ3v) is 6.02. The number of nitrogens with zero attached hydrogens (tertiary/aromatic N) is 2. The van der Waals surface area contributed by atoms with Crippen molar-refractivity contribution in [1.82, 2.24) is 0 Å². The Morgan fingerprint density at radius 1 is 1.09 bits per heavy atom. The number of carbonyl (C=O) groups excluding carboxylic acids is 1. The molecule has 176 valence electrons. The smallest absolute Gasteiger partial charge is 0.266 e. The molecule has 0 radical (unpaired) electrons. The summed E-state index contributed by atoms with van der Waals surface area (Å²) < 4.78 is 12.3. The molecule has 0 aromatic heterocycles. The molecule has 35 heavy (non-hydrogen) atoms. The van der Waals surface area contributed by atoms with Gasteiger partial charge in [-0.2, -0.15) is 10.5 Å². The highest BCUT2D eigenvalue weighted by Crippen LogP contribution is 2.38. The van der Waals surface area contributed by atoms with Crippen LogP contribution in [0.15, 0.2) is 64.6 Å². The van der Waals surface area contributed by atoms with E-state index in [9.17, 15) is 15.3 Å². The van der Waals surface area contributed by atoms with Gasteiger partial charge in [0.15, 0.2) is 11.5 Å². The minimum Gasteiger partial charge on any atom is -0.490 e. The summed E-state index contributed by atoms with van der Waals surface area (Å²) in [6, 6.07) is 19.2. The molecule has 0 atom stereocenters. The largest absolute Gasteiger partial charge is 0.490 e. The Balaban J connectivity index is 1.87. The number of hydrogen-bond acceptors (Lipinski definition) is 5. The average Bonchev–Trinajstić information content (AvgIpc) is 2.84. The maximum Gasteiger partial charge on any atom is 0.266 e. The highest BCUT2D eigenvalue weighted by Gasteiger charge is 2.15. The molecule has 0 aliphatic rings. The number of nitriles is 2. The fourth-order valence-electron chi connectivity index (χ4n) is 3.07. The van der Waals surface area contributed by atoms with Crippen LogP contribution in [0, 0.1) is 22.7 Å². The van der Waals surface area contributed by atoms with E-state index in [4.69, 9.17) is 32.7 Å². The van der Waals surface area contributed by atoms with E-state index in [-0.39, 0.29) is 17.2 Å². The van der Waals surface area contributed by atoms with Crippen molar-refractivity contribution in [3.05, 3.63) is 91.4 Å². The number of hydrogen-bond donors (Lipinski definition) is 1. The lowest BCUT2D eigenvalue weighted by Crippen LogP contribution is -2.13. The Morgan fingerprint density at radius 3 is 2.54 bits per heavy atom. The molecule has 0 spiro atoms. The average molecular weight is 571 g/mol. The van der Waals surface area contributed by atoms with E-state index in [1.807, 2.05) is 25.1 Å². The molecular formula is C26H18BrCl2N3O3. The second kappa shape index (κ2) is 12.3. The second-order valence-corrected chi connectivity index (χ2v) is 8.74. The van der Waals surface area contributed by atoms with Crippen LogP contribution in [0.1, 0.15) is 23.6 Å². The predicted molar refractivity (Wildman–Crippen MR) is 139 cm³/mol. The third kappa shape index (κ3) is 6.77. The van der Waals surface area contributed by atoms with Gasteiger partial charge in [-0.3, -0.25) is 4.79 Å². The van der Waals surface area contributed by atoms with Crippen LogP contribution in [0.5, 0.6) is 11.5 Å². The summed E-state index contributed by atoms with van der Waals surface area (Å²) in [4.78, 5) is 12.7. The predicted octanol–water partition coefficient (Wildman–Crippen LogP) is 7.15. The molecule has 0 heterocycles. The first kappa shape index (κ1) is 26.1. The third-order valence-electron chi connectivity index (χ3n) is 4.70. The molecule has 0 aliphatic carbocycles. The van der Waals surface area contributed by atoms with Crippen LogP contribution in [0.3, 0.4) is 0 Å². The molecule has 0 fully saturated rings. The van der Waals surface area contributed by atoms with E-state index in [2.05, 4.69) is 27.3 Å². The zero-order chi connectivity index (χ0) is 25.4. The van der Waals surface area contributed by atoms with Crippen LogP contribution >= 0.6 is 39.1 Å². The fourth-order valence-corrected chi connectivity index (χ4v) is 3.94. The summed E-state index contributed by atoms with van der Waals surface area (Å²) in [5.41, 5.74) is 2.09. The summed E-state index contributed by atoms with van der Waals surface area (Å²) in [6.45, 7) is 2.36. The van der Waals surface area contributed by atoms with Crippen molar-refractivity contribution >= 4 is 56.8 Å². The van der Waals surface area contributed by atoms with Crippen molar-refractivity contribution < 1.29 is 14.3 Å². The van der Waals surface area contributed by atoms with Crippen LogP contribution in [0.2, 0.25) is 10.0 Å². The van der Waals surface area contributed by atoms with Crippen molar-refractivity contribution in [3.8, 4) is 23.6 Å². The number of ether oxygens (including phenoxy) is 2. The van der Waals surface area contributed by atoms with Crippen LogP contribution in [-0.4, -0.2) is 12.5 Å². The number of amides is 1. The number of rotatable bonds is 8. The van der Waals surface area contributed by atoms with Gasteiger partial charge in [-0.05, 0) is 70.9 Å². The molecule has 6 nitrogen and oxygen atoms in total. The van der Waals surface area contributed by atoms with E-state index in [1.165, 1.54) is 12.1 Å². The number of halogens is 3. The summed E-state index contributed by atoms with van der Waals surface area (Å²) in [6.07, 6.45) is 1.44. The molecule has 3 aromatic rings. The van der Waals surface area contributed by atoms with Crippen molar-refractivity contribution in [1.29, 1.82) is 10.5 Å². The van der Waals surface area contributed by atoms with Gasteiger partial charge in [-0.15, -0.1) is 0 Å². The van der Waals surface area contributed by atoms with E-state index < -0.39 is 5.91 Å². The number of anilines is 1. The number of benzene rings is 3. The molecule has 1 amide bonds. The van der Waals surface area contributed by atoms with E-state index in [0.29, 0.717) is 44.4 Å². The standard InChI is InChI=1S/C26H18BrCl2N3O3/c1-2-34-24-11-16(9-19(14-31)26(33)32-20-7-8-22(28)23(29)12-20)10-21(27)25(24)35-15-18-6-4-3-5-17(18)13-30/h3-12H,2,15H2,1H3,(H,32,33)/b19-9+. The molecule has 0 bridgehead atoms. The zero-order valence-electron chi connectivity index (χ0n) is 18.4. The molecule has 0 aliphatic heterocycles. The minimum absolute atomic E-state index is 0.123. The lowest BCUT2D eigenvalue weighted by Gasteiger charge is -2.15. The van der Waals surface area contributed by atoms with Crippen LogP contribution in [0.4, 0.5) is 5.69 Å². The molecular weight excluding hydrogens is 553 g/mol. The van der Waals surface area contributed by atoms with E-state index in [1.54, 1.807) is 36.4 Å². The van der Waals surface area contributed by atoms with E-state index >= 15 is 0 Å². The first-order valence-corrected chi connectivity index (χ1v) is 11.9. The fraction of sp³-hybridized carbons (Fsp3) is 0.115. The lowest BCUT2D eigenvalue weighted by atomic mass is 10.1. The SMILES string of the molecule is CCOc1cc(/C=C(\C#N)C(=O)Nc2ccc(Cl)c(Cl)c2)cc(Br)c1OCc1ccccc1C#N. The number of carbonyl (C=O) groups is 1. The normalized spacial score (nSPS) is 10.7. The summed E-state index contributed by atoms with van der Waals surface area (Å²) in [7, 11) is 0. The first-order chi connectivity index (χ1) is 16.9. The van der Waals surface area contributed by atoms with E-state index in [0.717, 1.165) is 5.56 Å². The molecule has 0 unspecified atom stereocenters. The van der Waals surface area contributed by atoms with Gasteiger partial charge in [0.25, 0.3) is 5.91 Å². The Labute approximate surface area is 221 Å². The summed E-state index contributed by atoms with van der Waals surface area (Å²) in [5.74, 6) is 0.258. The van der Waals surface area contributed by atoms with Crippen LogP contribution in [-0.2, 0) is 11.4 Å². The van der Waals surface area contributed by atoms with Crippen molar-refractivity contribution in [2.75, 3.05) is 11.9 Å². The molecule has 9 heteroatoms. The van der Waals surface area contributed by atoms with Gasteiger partial charge in [0.2, 0.25) is 0 Å². The van der Waals surface area contributed by atoms with Crippen LogP contribution in [0.25, 0.3) is 6.08 Å². The zero-order valence-corrected chi connectivity index (χ0v) is 21.5. The van der Waals surface area contributed by atoms with Crippen molar-refractivity contribution in [2.45, 2.75) is 13.5 Å². The molecule has 3 aromatic carbocycles. The topological polar surface area (TPSA) is 95.1 Å². The van der Waals surface area contributed by atoms with Crippen LogP contribution < -0.4 is 14.8 Å². The maximum atomic E-state index is 12.7. The van der Waals surface area contributed by atoms with Gasteiger partial charge in [0.1, 0.15) is 18.2 Å². The lowest BCUT2D eigenvalue weighted by molar-refractivity contribution is -0.112.